The van der Waals surface area contributed by atoms with E-state index in [1.54, 1.807) is 0 Å². The molecule has 0 atom stereocenters. The van der Waals surface area contributed by atoms with Gasteiger partial charge in [-0.05, 0) is 80.2 Å². The van der Waals surface area contributed by atoms with Gasteiger partial charge >= 0.3 is 0 Å². The second kappa shape index (κ2) is 12.7. The zero-order chi connectivity index (χ0) is 35.2. The number of nitrogens with zero attached hydrogens (tertiary/aromatic N) is 1. The third kappa shape index (κ3) is 5.54. The number of benzene rings is 8. The molecule has 0 spiro atoms. The van der Waals surface area contributed by atoms with E-state index in [0.717, 1.165) is 34.0 Å². The fraction of sp³-hybridized carbons (Fsp3) is 0.0800. The van der Waals surface area contributed by atoms with Crippen LogP contribution < -0.4 is 4.90 Å². The van der Waals surface area contributed by atoms with E-state index < -0.39 is 0 Å². The first-order valence-corrected chi connectivity index (χ1v) is 18.0. The van der Waals surface area contributed by atoms with Gasteiger partial charge in [-0.1, -0.05) is 166 Å². The number of rotatable bonds is 6. The van der Waals surface area contributed by atoms with E-state index in [-0.39, 0.29) is 5.41 Å². The number of fused-ring (bicyclic) bond motifs is 4. The van der Waals surface area contributed by atoms with E-state index in [0.29, 0.717) is 0 Å². The van der Waals surface area contributed by atoms with Gasteiger partial charge in [0, 0.05) is 33.3 Å². The normalized spacial score (nSPS) is 11.8. The van der Waals surface area contributed by atoms with Crippen LogP contribution in [0.1, 0.15) is 26.3 Å². The molecule has 9 aromatic rings. The van der Waals surface area contributed by atoms with Gasteiger partial charge in [0.15, 0.2) is 0 Å². The van der Waals surface area contributed by atoms with E-state index in [4.69, 9.17) is 4.42 Å². The molecule has 1 aromatic heterocycles. The van der Waals surface area contributed by atoms with Gasteiger partial charge in [0.2, 0.25) is 0 Å². The first-order valence-electron chi connectivity index (χ1n) is 18.0. The summed E-state index contributed by atoms with van der Waals surface area (Å²) in [7, 11) is 0. The lowest BCUT2D eigenvalue weighted by Crippen LogP contribution is -2.12. The molecule has 0 saturated carbocycles. The maximum Gasteiger partial charge on any atom is 0.139 e. The molecule has 0 aliphatic carbocycles. The van der Waals surface area contributed by atoms with E-state index in [1.807, 2.05) is 6.07 Å². The molecule has 0 N–H and O–H groups in total. The highest BCUT2D eigenvalue weighted by Crippen LogP contribution is 2.46. The second-order valence-electron chi connectivity index (χ2n) is 14.6. The number of hydrogen-bond acceptors (Lipinski definition) is 2. The maximum absolute atomic E-state index is 6.68. The van der Waals surface area contributed by atoms with E-state index >= 15 is 0 Å². The molecule has 0 unspecified atom stereocenters. The van der Waals surface area contributed by atoms with Crippen LogP contribution in [0.5, 0.6) is 0 Å². The Balaban J connectivity index is 1.25. The van der Waals surface area contributed by atoms with Crippen molar-refractivity contribution in [3.8, 4) is 33.6 Å². The predicted molar refractivity (Wildman–Crippen MR) is 221 cm³/mol. The van der Waals surface area contributed by atoms with Crippen molar-refractivity contribution in [3.05, 3.63) is 188 Å². The first-order chi connectivity index (χ1) is 25.4. The van der Waals surface area contributed by atoms with Crippen LogP contribution in [0.4, 0.5) is 17.1 Å². The van der Waals surface area contributed by atoms with E-state index in [1.165, 1.54) is 54.7 Å². The molecule has 0 radical (unpaired) electrons. The summed E-state index contributed by atoms with van der Waals surface area (Å²) in [5.74, 6) is 0.923. The van der Waals surface area contributed by atoms with Crippen LogP contribution in [0.2, 0.25) is 0 Å². The maximum atomic E-state index is 6.68. The minimum atomic E-state index is -0.113. The topological polar surface area (TPSA) is 16.4 Å². The largest absolute Gasteiger partial charge is 0.456 e. The molecule has 52 heavy (non-hydrogen) atoms. The number of para-hydroxylation sites is 1. The number of anilines is 3. The average molecular weight is 670 g/mol. The number of hydrogen-bond donors (Lipinski definition) is 0. The van der Waals surface area contributed by atoms with Crippen molar-refractivity contribution in [2.24, 2.45) is 0 Å². The summed E-state index contributed by atoms with van der Waals surface area (Å²) in [5, 5.41) is 6.06. The molecule has 0 aliphatic rings. The average Bonchev–Trinajstić information content (AvgIpc) is 3.60. The Bertz CT molecular complexity index is 2710. The van der Waals surface area contributed by atoms with Crippen LogP contribution in [-0.2, 0) is 5.41 Å². The van der Waals surface area contributed by atoms with Crippen molar-refractivity contribution in [3.63, 3.8) is 0 Å². The summed E-state index contributed by atoms with van der Waals surface area (Å²) in [6.07, 6.45) is 0. The van der Waals surface area contributed by atoms with Gasteiger partial charge in [-0.3, -0.25) is 0 Å². The molecule has 0 saturated heterocycles. The zero-order valence-corrected chi connectivity index (χ0v) is 29.7. The lowest BCUT2D eigenvalue weighted by molar-refractivity contribution is 0.568. The fourth-order valence-corrected chi connectivity index (χ4v) is 7.82. The second-order valence-corrected chi connectivity index (χ2v) is 14.6. The molecule has 2 nitrogen and oxygen atoms in total. The Morgan fingerprint density at radius 2 is 1.00 bits per heavy atom. The van der Waals surface area contributed by atoms with E-state index in [2.05, 4.69) is 202 Å². The van der Waals surface area contributed by atoms with Gasteiger partial charge in [0.25, 0.3) is 0 Å². The Labute approximate surface area is 305 Å². The van der Waals surface area contributed by atoms with Gasteiger partial charge in [-0.2, -0.15) is 0 Å². The Kier molecular flexibility index (Phi) is 7.74. The highest BCUT2D eigenvalue weighted by Gasteiger charge is 2.27. The monoisotopic (exact) mass is 669 g/mol. The molecule has 9 rings (SSSR count). The van der Waals surface area contributed by atoms with Gasteiger partial charge in [0.05, 0.1) is 5.69 Å². The van der Waals surface area contributed by atoms with Crippen LogP contribution in [0.15, 0.2) is 186 Å². The van der Waals surface area contributed by atoms with Crippen LogP contribution in [0.25, 0.3) is 66.1 Å². The molecule has 0 aliphatic heterocycles. The molecule has 1 heterocycles. The minimum absolute atomic E-state index is 0.113. The lowest BCUT2D eigenvalue weighted by Gasteiger charge is -2.28. The summed E-state index contributed by atoms with van der Waals surface area (Å²) in [6.45, 7) is 6.80. The summed E-state index contributed by atoms with van der Waals surface area (Å²) >= 11 is 0. The van der Waals surface area contributed by atoms with Crippen LogP contribution in [0.3, 0.4) is 0 Å². The molecule has 0 fully saturated rings. The van der Waals surface area contributed by atoms with Crippen LogP contribution >= 0.6 is 0 Å². The molecule has 0 amide bonds. The SMILES string of the molecule is CC(C)(C)c1c(-c2cccc(N(c3ccc(-c4ccccc4-c4ccccc4)cc3)c3cc4ccccc4c4ccccc34)c2)oc2ccccc12. The van der Waals surface area contributed by atoms with Gasteiger partial charge < -0.3 is 9.32 Å². The summed E-state index contributed by atoms with van der Waals surface area (Å²) in [5.41, 5.74) is 11.2. The van der Waals surface area contributed by atoms with Gasteiger partial charge in [-0.15, -0.1) is 0 Å². The molecule has 8 aromatic carbocycles. The summed E-state index contributed by atoms with van der Waals surface area (Å²) < 4.78 is 6.68. The third-order valence-corrected chi connectivity index (χ3v) is 10.1. The van der Waals surface area contributed by atoms with Crippen molar-refractivity contribution < 1.29 is 4.42 Å². The summed E-state index contributed by atoms with van der Waals surface area (Å²) in [4.78, 5) is 2.41. The quantitative estimate of drug-likeness (QED) is 0.164. The zero-order valence-electron chi connectivity index (χ0n) is 29.7. The summed E-state index contributed by atoms with van der Waals surface area (Å²) in [6, 6.07) is 65.4. The molecular weight excluding hydrogens is 631 g/mol. The number of furan rings is 1. The Hall–Kier alpha value is -6.38. The smallest absolute Gasteiger partial charge is 0.139 e. The Morgan fingerprint density at radius 1 is 0.423 bits per heavy atom. The molecule has 2 heteroatoms. The molecule has 0 bridgehead atoms. The predicted octanol–water partition coefficient (Wildman–Crippen LogP) is 14.5. The van der Waals surface area contributed by atoms with Gasteiger partial charge in [-0.25, -0.2) is 0 Å². The third-order valence-electron chi connectivity index (χ3n) is 10.1. The lowest BCUT2D eigenvalue weighted by atomic mass is 9.83. The van der Waals surface area contributed by atoms with Crippen molar-refractivity contribution in [1.29, 1.82) is 0 Å². The fourth-order valence-electron chi connectivity index (χ4n) is 7.82. The van der Waals surface area contributed by atoms with Crippen molar-refractivity contribution in [2.45, 2.75) is 26.2 Å². The highest BCUT2D eigenvalue weighted by atomic mass is 16.3. The molecule has 250 valence electrons. The first kappa shape index (κ1) is 31.6. The van der Waals surface area contributed by atoms with E-state index in [9.17, 15) is 0 Å². The van der Waals surface area contributed by atoms with Gasteiger partial charge in [0.1, 0.15) is 11.3 Å². The van der Waals surface area contributed by atoms with Crippen molar-refractivity contribution in [1.82, 2.24) is 0 Å². The molecular formula is C50H39NO. The Morgan fingerprint density at radius 3 is 1.73 bits per heavy atom. The van der Waals surface area contributed by atoms with Crippen molar-refractivity contribution in [2.75, 3.05) is 4.90 Å². The minimum Gasteiger partial charge on any atom is -0.456 e. The van der Waals surface area contributed by atoms with Crippen molar-refractivity contribution >= 4 is 49.6 Å². The van der Waals surface area contributed by atoms with Crippen LogP contribution in [-0.4, -0.2) is 0 Å². The highest BCUT2D eigenvalue weighted by molar-refractivity contribution is 6.14. The van der Waals surface area contributed by atoms with Crippen LogP contribution in [0, 0.1) is 0 Å². The standard InChI is InChI=1S/C50H39NO/c1-50(2,3)48-45-26-13-14-27-47(45)52-49(48)37-19-15-20-39(32-37)51(46-33-36-18-7-8-23-42(36)43-24-11-12-25-44(43)46)38-30-28-35(29-31-38)41-22-10-9-21-40(41)34-16-5-4-6-17-34/h4-33H,1-3H3.